The molecule has 0 radical (unpaired) electrons. The summed E-state index contributed by atoms with van der Waals surface area (Å²) in [7, 11) is 0. The predicted molar refractivity (Wildman–Crippen MR) is 206 cm³/mol. The molecule has 1 N–H and O–H groups in total. The lowest BCUT2D eigenvalue weighted by Crippen LogP contribution is -2.46. The van der Waals surface area contributed by atoms with E-state index in [1.165, 1.54) is 4.90 Å². The predicted octanol–water partition coefficient (Wildman–Crippen LogP) is 8.74. The molecule has 0 aromatic heterocycles. The number of hydrogen-bond acceptors (Lipinski definition) is 7. The number of ether oxygens (including phenoxy) is 2. The first-order valence-corrected chi connectivity index (χ1v) is 18.4. The Bertz CT molecular complexity index is 2080. The Kier molecular flexibility index (Phi) is 9.42. The van der Waals surface area contributed by atoms with Crippen molar-refractivity contribution in [2.75, 3.05) is 23.6 Å². The van der Waals surface area contributed by atoms with Crippen molar-refractivity contribution in [3.63, 3.8) is 0 Å². The van der Waals surface area contributed by atoms with Crippen molar-refractivity contribution >= 4 is 52.1 Å². The van der Waals surface area contributed by atoms with E-state index >= 15 is 0 Å². The summed E-state index contributed by atoms with van der Waals surface area (Å²) in [5.41, 5.74) is 7.57. The van der Waals surface area contributed by atoms with Crippen LogP contribution in [0.1, 0.15) is 41.1 Å². The summed E-state index contributed by atoms with van der Waals surface area (Å²) >= 11 is 2.25. The number of rotatable bonds is 8. The third-order valence-electron chi connectivity index (χ3n) is 10.1. The molecule has 2 heterocycles. The van der Waals surface area contributed by atoms with Gasteiger partial charge in [-0.1, -0.05) is 91.0 Å². The van der Waals surface area contributed by atoms with E-state index in [0.29, 0.717) is 12.1 Å². The number of nitrogens with zero attached hydrogens (tertiary/aromatic N) is 2. The zero-order chi connectivity index (χ0) is 35.8. The summed E-state index contributed by atoms with van der Waals surface area (Å²) in [6.07, 6.45) is -1.34. The van der Waals surface area contributed by atoms with Gasteiger partial charge in [0.15, 0.2) is 0 Å². The molecule has 5 aromatic carbocycles. The smallest absolute Gasteiger partial charge is 0.416 e. The number of carbonyl (C=O) groups is 3. The van der Waals surface area contributed by atoms with Crippen LogP contribution in [0.2, 0.25) is 0 Å². The van der Waals surface area contributed by atoms with Crippen molar-refractivity contribution in [1.29, 1.82) is 0 Å². The second kappa shape index (κ2) is 14.4. The average Bonchev–Trinajstić information content (AvgIpc) is 3.81. The Labute approximate surface area is 315 Å². The van der Waals surface area contributed by atoms with E-state index in [0.717, 1.165) is 42.6 Å². The highest BCUT2D eigenvalue weighted by atomic mass is 127. The summed E-state index contributed by atoms with van der Waals surface area (Å²) in [4.78, 5) is 48.7. The van der Waals surface area contributed by atoms with Crippen LogP contribution < -0.4 is 10.4 Å². The Morgan fingerprint density at radius 3 is 2.23 bits per heavy atom. The van der Waals surface area contributed by atoms with Crippen LogP contribution >= 0.6 is 22.6 Å². The van der Waals surface area contributed by atoms with Gasteiger partial charge in [-0.05, 0) is 106 Å². The molecule has 0 saturated carbocycles. The maximum atomic E-state index is 14.6. The van der Waals surface area contributed by atoms with E-state index in [9.17, 15) is 14.4 Å². The van der Waals surface area contributed by atoms with E-state index in [-0.39, 0.29) is 25.0 Å². The number of nitrogens with one attached hydrogen (secondary N) is 1. The van der Waals surface area contributed by atoms with Crippen LogP contribution in [0.25, 0.3) is 11.1 Å². The van der Waals surface area contributed by atoms with Gasteiger partial charge in [0, 0.05) is 15.2 Å². The molecule has 0 spiro atoms. The highest BCUT2D eigenvalue weighted by Gasteiger charge is 2.52. The van der Waals surface area contributed by atoms with Crippen LogP contribution in [0.3, 0.4) is 0 Å². The monoisotopic (exact) mass is 805 g/mol. The van der Waals surface area contributed by atoms with Gasteiger partial charge >= 0.3 is 12.2 Å². The van der Waals surface area contributed by atoms with E-state index in [2.05, 4.69) is 52.2 Å². The van der Waals surface area contributed by atoms with Gasteiger partial charge < -0.3 is 9.47 Å². The molecule has 3 amide bonds. The topological polar surface area (TPSA) is 97.4 Å². The quantitative estimate of drug-likeness (QED) is 0.157. The van der Waals surface area contributed by atoms with Crippen LogP contribution in [-0.2, 0) is 25.5 Å². The minimum Gasteiger partial charge on any atom is -0.448 e. The number of carbonyl (C=O) groups excluding carboxylic acids is 3. The summed E-state index contributed by atoms with van der Waals surface area (Å²) < 4.78 is 12.3. The molecule has 0 bridgehead atoms. The van der Waals surface area contributed by atoms with Crippen molar-refractivity contribution in [2.45, 2.75) is 37.5 Å². The first kappa shape index (κ1) is 33.9. The van der Waals surface area contributed by atoms with Gasteiger partial charge in [0.1, 0.15) is 13.2 Å². The minimum atomic E-state index is -0.770. The Balaban J connectivity index is 1.05. The molecule has 2 aliphatic heterocycles. The maximum Gasteiger partial charge on any atom is 0.416 e. The highest BCUT2D eigenvalue weighted by Crippen LogP contribution is 2.46. The minimum absolute atomic E-state index is 0.0705. The SMILES string of the molecule is C[C@@H]1ON(c2ccc(I)cc2)[C@H](c2cccc(NC(=O)OCC3c4ccccc4-c4ccccc43)c2)[C@H]1C(=O)N1C(=O)OC[C@H]1Cc1ccccc1. The van der Waals surface area contributed by atoms with Crippen molar-refractivity contribution < 1.29 is 28.7 Å². The molecule has 52 heavy (non-hydrogen) atoms. The highest BCUT2D eigenvalue weighted by molar-refractivity contribution is 14.1. The number of imide groups is 1. The van der Waals surface area contributed by atoms with Crippen LogP contribution in [0.15, 0.2) is 127 Å². The van der Waals surface area contributed by atoms with Crippen LogP contribution in [-0.4, -0.2) is 48.4 Å². The first-order chi connectivity index (χ1) is 25.4. The number of amides is 3. The Morgan fingerprint density at radius 2 is 1.52 bits per heavy atom. The van der Waals surface area contributed by atoms with Crippen LogP contribution in [0.5, 0.6) is 0 Å². The summed E-state index contributed by atoms with van der Waals surface area (Å²) in [6, 6.07) is 40.2. The van der Waals surface area contributed by atoms with Gasteiger partial charge in [-0.25, -0.2) is 19.6 Å². The molecule has 9 nitrogen and oxygen atoms in total. The number of benzene rings is 5. The number of anilines is 2. The zero-order valence-electron chi connectivity index (χ0n) is 28.4. The van der Waals surface area contributed by atoms with Crippen LogP contribution in [0.4, 0.5) is 21.0 Å². The molecule has 262 valence electrons. The third kappa shape index (κ3) is 6.52. The second-order valence-electron chi connectivity index (χ2n) is 13.3. The van der Waals surface area contributed by atoms with Crippen LogP contribution in [0, 0.1) is 9.49 Å². The number of hydroxylamine groups is 1. The fourth-order valence-electron chi connectivity index (χ4n) is 7.68. The molecule has 2 saturated heterocycles. The molecule has 3 aliphatic rings. The third-order valence-corrected chi connectivity index (χ3v) is 10.8. The van der Waals surface area contributed by atoms with Crippen molar-refractivity contribution in [2.24, 2.45) is 5.92 Å². The van der Waals surface area contributed by atoms with Crippen molar-refractivity contribution in [3.8, 4) is 11.1 Å². The lowest BCUT2D eigenvalue weighted by Gasteiger charge is -2.30. The first-order valence-electron chi connectivity index (χ1n) is 17.3. The summed E-state index contributed by atoms with van der Waals surface area (Å²) in [5, 5.41) is 4.64. The van der Waals surface area contributed by atoms with Gasteiger partial charge in [-0.2, -0.15) is 0 Å². The van der Waals surface area contributed by atoms with E-state index in [1.807, 2.05) is 104 Å². The largest absolute Gasteiger partial charge is 0.448 e. The second-order valence-corrected chi connectivity index (χ2v) is 14.5. The standard InChI is InChI=1S/C42H36IN3O6/c1-26-38(40(47)45-32(24-51-42(45)49)22-27-10-3-2-4-11-27)39(46(52-26)31-20-18-29(43)19-21-31)28-12-9-13-30(23-28)44-41(48)50-25-37-35-16-7-5-14-33(35)34-15-6-8-17-36(34)37/h2-21,23,26,32,37-39H,22,24-25H2,1H3,(H,44,48)/t26-,32+,38-,39+/m0/s1. The molecule has 0 unspecified atom stereocenters. The lowest BCUT2D eigenvalue weighted by atomic mass is 9.88. The maximum absolute atomic E-state index is 14.6. The average molecular weight is 806 g/mol. The number of hydrogen-bond donors (Lipinski definition) is 1. The fourth-order valence-corrected chi connectivity index (χ4v) is 8.04. The molecule has 5 aromatic rings. The van der Waals surface area contributed by atoms with Gasteiger partial charge in [0.2, 0.25) is 5.91 Å². The van der Waals surface area contributed by atoms with Gasteiger partial charge in [0.05, 0.1) is 29.8 Å². The molecular formula is C42H36IN3O6. The molecule has 4 atom stereocenters. The van der Waals surface area contributed by atoms with Gasteiger partial charge in [-0.3, -0.25) is 14.9 Å². The van der Waals surface area contributed by atoms with E-state index in [1.54, 1.807) is 11.1 Å². The molecule has 8 rings (SSSR count). The summed E-state index contributed by atoms with van der Waals surface area (Å²) in [5.74, 6) is -1.21. The van der Waals surface area contributed by atoms with E-state index in [4.69, 9.17) is 14.3 Å². The van der Waals surface area contributed by atoms with Crippen molar-refractivity contribution in [3.05, 3.63) is 153 Å². The Hall–Kier alpha value is -5.20. The van der Waals surface area contributed by atoms with E-state index < -0.39 is 36.3 Å². The zero-order valence-corrected chi connectivity index (χ0v) is 30.5. The van der Waals surface area contributed by atoms with Crippen molar-refractivity contribution in [1.82, 2.24) is 4.90 Å². The molecule has 1 aliphatic carbocycles. The summed E-state index contributed by atoms with van der Waals surface area (Å²) in [6.45, 7) is 2.14. The Morgan fingerprint density at radius 1 is 0.846 bits per heavy atom. The number of fused-ring (bicyclic) bond motifs is 3. The normalized spacial score (nSPS) is 20.7. The number of halogens is 1. The van der Waals surface area contributed by atoms with Gasteiger partial charge in [0.25, 0.3) is 0 Å². The molecule has 10 heteroatoms. The lowest BCUT2D eigenvalue weighted by molar-refractivity contribution is -0.135. The molecule has 2 fully saturated rings. The fraction of sp³-hybridized carbons (Fsp3) is 0.214. The molecular weight excluding hydrogens is 769 g/mol. The van der Waals surface area contributed by atoms with Gasteiger partial charge in [-0.15, -0.1) is 0 Å². The number of cyclic esters (lactones) is 1.